The molecular weight excluding hydrogens is 358 g/mol. The summed E-state index contributed by atoms with van der Waals surface area (Å²) in [6.45, 7) is 7.57. The number of likely N-dealkylation sites (N-methyl/N-ethyl adjacent to an activating group) is 1. The van der Waals surface area contributed by atoms with E-state index in [0.29, 0.717) is 12.4 Å². The van der Waals surface area contributed by atoms with Crippen LogP contribution in [0.25, 0.3) is 0 Å². The molecule has 0 aliphatic heterocycles. The lowest BCUT2D eigenvalue weighted by atomic mass is 10.0. The zero-order valence-electron chi connectivity index (χ0n) is 16.1. The lowest BCUT2D eigenvalue weighted by Gasteiger charge is -2.23. The van der Waals surface area contributed by atoms with Crippen LogP contribution in [0, 0.1) is 5.92 Å². The summed E-state index contributed by atoms with van der Waals surface area (Å²) in [6.07, 6.45) is 1.85. The molecule has 0 rings (SSSR count). The van der Waals surface area contributed by atoms with E-state index in [1.807, 2.05) is 13.2 Å². The van der Waals surface area contributed by atoms with Crippen molar-refractivity contribution in [3.63, 3.8) is 0 Å². The van der Waals surface area contributed by atoms with Crippen LogP contribution in [-0.2, 0) is 19.2 Å². The number of carbonyl (C=O) groups excluding carboxylic acids is 4. The minimum absolute atomic E-state index is 0.126. The standard InChI is InChI=1S/C16H31N5O4S/c1-6-17-7-12(22)18-8-13(23)21-14(10(2)3)16(25)20-11(4)15(24)19-9-26-5/h10-11,14,17H,6-9H2,1-5H3,(H,18,22)(H,19,24)(H,20,25)(H,21,23)/t11-,14-/m0/s1. The minimum Gasteiger partial charge on any atom is -0.346 e. The first kappa shape index (κ1) is 24.2. The zero-order valence-corrected chi connectivity index (χ0v) is 16.9. The molecule has 0 radical (unpaired) electrons. The van der Waals surface area contributed by atoms with Crippen LogP contribution in [0.3, 0.4) is 0 Å². The lowest BCUT2D eigenvalue weighted by Crippen LogP contribution is -2.55. The van der Waals surface area contributed by atoms with Crippen LogP contribution in [0.5, 0.6) is 0 Å². The van der Waals surface area contributed by atoms with Gasteiger partial charge in [-0.3, -0.25) is 19.2 Å². The molecule has 0 aliphatic rings. The van der Waals surface area contributed by atoms with E-state index in [9.17, 15) is 19.2 Å². The van der Waals surface area contributed by atoms with Gasteiger partial charge in [0, 0.05) is 0 Å². The Morgan fingerprint density at radius 1 is 0.885 bits per heavy atom. The third-order valence-corrected chi connectivity index (χ3v) is 3.82. The zero-order chi connectivity index (χ0) is 20.1. The number of thioether (sulfide) groups is 1. The molecule has 0 spiro atoms. The van der Waals surface area contributed by atoms with Crippen molar-refractivity contribution in [2.45, 2.75) is 39.8 Å². The SMILES string of the molecule is CCNCC(=O)NCC(=O)N[C@H](C(=O)N[C@@H](C)C(=O)NCSC)C(C)C. The predicted octanol–water partition coefficient (Wildman–Crippen LogP) is -1.21. The first-order valence-corrected chi connectivity index (χ1v) is 9.96. The van der Waals surface area contributed by atoms with Crippen molar-refractivity contribution >= 4 is 35.4 Å². The molecule has 26 heavy (non-hydrogen) atoms. The number of carbonyl (C=O) groups is 4. The first-order chi connectivity index (χ1) is 12.2. The highest BCUT2D eigenvalue weighted by atomic mass is 32.2. The Bertz CT molecular complexity index is 487. The molecule has 0 saturated heterocycles. The summed E-state index contributed by atoms with van der Waals surface area (Å²) < 4.78 is 0. The quantitative estimate of drug-likeness (QED) is 0.267. The van der Waals surface area contributed by atoms with Gasteiger partial charge >= 0.3 is 0 Å². The van der Waals surface area contributed by atoms with Gasteiger partial charge in [-0.25, -0.2) is 0 Å². The smallest absolute Gasteiger partial charge is 0.243 e. The predicted molar refractivity (Wildman–Crippen MR) is 102 cm³/mol. The molecule has 9 nitrogen and oxygen atoms in total. The maximum absolute atomic E-state index is 12.4. The second-order valence-corrected chi connectivity index (χ2v) is 6.92. The maximum Gasteiger partial charge on any atom is 0.243 e. The van der Waals surface area contributed by atoms with Crippen LogP contribution in [0.2, 0.25) is 0 Å². The fraction of sp³-hybridized carbons (Fsp3) is 0.750. The van der Waals surface area contributed by atoms with Crippen molar-refractivity contribution in [2.24, 2.45) is 5.92 Å². The van der Waals surface area contributed by atoms with Crippen LogP contribution in [0.15, 0.2) is 0 Å². The highest BCUT2D eigenvalue weighted by molar-refractivity contribution is 7.98. The van der Waals surface area contributed by atoms with Gasteiger partial charge in [0.05, 0.1) is 19.0 Å². The molecule has 0 aliphatic carbocycles. The molecule has 0 heterocycles. The molecule has 10 heteroatoms. The minimum atomic E-state index is -0.802. The highest BCUT2D eigenvalue weighted by Crippen LogP contribution is 2.02. The van der Waals surface area contributed by atoms with E-state index >= 15 is 0 Å². The molecule has 0 aromatic rings. The van der Waals surface area contributed by atoms with Crippen molar-refractivity contribution in [1.82, 2.24) is 26.6 Å². The van der Waals surface area contributed by atoms with E-state index in [1.54, 1.807) is 20.8 Å². The van der Waals surface area contributed by atoms with Crippen molar-refractivity contribution in [2.75, 3.05) is 31.8 Å². The Balaban J connectivity index is 4.53. The normalized spacial score (nSPS) is 12.8. The van der Waals surface area contributed by atoms with Gasteiger partial charge in [-0.15, -0.1) is 11.8 Å². The molecule has 5 N–H and O–H groups in total. The molecule has 0 aromatic heterocycles. The van der Waals surface area contributed by atoms with E-state index in [1.165, 1.54) is 11.8 Å². The van der Waals surface area contributed by atoms with E-state index < -0.39 is 23.9 Å². The second-order valence-electron chi connectivity index (χ2n) is 6.05. The van der Waals surface area contributed by atoms with Crippen LogP contribution >= 0.6 is 11.8 Å². The molecule has 0 aromatic carbocycles. The number of hydrogen-bond acceptors (Lipinski definition) is 6. The molecule has 4 amide bonds. The molecule has 0 fully saturated rings. The fourth-order valence-corrected chi connectivity index (χ4v) is 2.19. The molecule has 0 unspecified atom stereocenters. The van der Waals surface area contributed by atoms with Crippen molar-refractivity contribution in [3.05, 3.63) is 0 Å². The summed E-state index contributed by atoms with van der Waals surface area (Å²) in [4.78, 5) is 47.7. The third kappa shape index (κ3) is 10.2. The van der Waals surface area contributed by atoms with E-state index in [-0.39, 0.29) is 30.8 Å². The Morgan fingerprint density at radius 2 is 1.54 bits per heavy atom. The molecule has 150 valence electrons. The average molecular weight is 390 g/mol. The van der Waals surface area contributed by atoms with Gasteiger partial charge in [-0.2, -0.15) is 0 Å². The monoisotopic (exact) mass is 389 g/mol. The van der Waals surface area contributed by atoms with Gasteiger partial charge < -0.3 is 26.6 Å². The molecule has 0 saturated carbocycles. The van der Waals surface area contributed by atoms with Gasteiger partial charge in [0.15, 0.2) is 0 Å². The topological polar surface area (TPSA) is 128 Å². The van der Waals surface area contributed by atoms with Crippen LogP contribution < -0.4 is 26.6 Å². The van der Waals surface area contributed by atoms with Crippen molar-refractivity contribution in [1.29, 1.82) is 0 Å². The lowest BCUT2D eigenvalue weighted by molar-refractivity contribution is -0.132. The Labute approximate surface area is 159 Å². The Hall–Kier alpha value is -1.81. The summed E-state index contributed by atoms with van der Waals surface area (Å²) in [5.74, 6) is -1.24. The number of amides is 4. The van der Waals surface area contributed by atoms with Crippen LogP contribution in [-0.4, -0.2) is 67.5 Å². The summed E-state index contributed by atoms with van der Waals surface area (Å²) in [6, 6.07) is -1.52. The van der Waals surface area contributed by atoms with Crippen molar-refractivity contribution in [3.8, 4) is 0 Å². The summed E-state index contributed by atoms with van der Waals surface area (Å²) in [7, 11) is 0. The van der Waals surface area contributed by atoms with Crippen LogP contribution in [0.4, 0.5) is 0 Å². The Morgan fingerprint density at radius 3 is 2.08 bits per heavy atom. The van der Waals surface area contributed by atoms with Gasteiger partial charge in [0.25, 0.3) is 0 Å². The van der Waals surface area contributed by atoms with Crippen LogP contribution in [0.1, 0.15) is 27.7 Å². The van der Waals surface area contributed by atoms with Crippen molar-refractivity contribution < 1.29 is 19.2 Å². The number of rotatable bonds is 12. The van der Waals surface area contributed by atoms with Gasteiger partial charge in [-0.05, 0) is 25.6 Å². The molecule has 2 atom stereocenters. The summed E-state index contributed by atoms with van der Waals surface area (Å²) >= 11 is 1.46. The highest BCUT2D eigenvalue weighted by Gasteiger charge is 2.26. The second kappa shape index (κ2) is 13.4. The maximum atomic E-state index is 12.4. The summed E-state index contributed by atoms with van der Waals surface area (Å²) in [5, 5.41) is 13.2. The first-order valence-electron chi connectivity index (χ1n) is 8.56. The third-order valence-electron chi connectivity index (χ3n) is 3.39. The van der Waals surface area contributed by atoms with E-state index in [0.717, 1.165) is 0 Å². The largest absolute Gasteiger partial charge is 0.346 e. The van der Waals surface area contributed by atoms with Gasteiger partial charge in [0.1, 0.15) is 12.1 Å². The molecule has 0 bridgehead atoms. The summed E-state index contributed by atoms with van der Waals surface area (Å²) in [5.41, 5.74) is 0. The van der Waals surface area contributed by atoms with Gasteiger partial charge in [0.2, 0.25) is 23.6 Å². The van der Waals surface area contributed by atoms with Gasteiger partial charge in [-0.1, -0.05) is 20.8 Å². The average Bonchev–Trinajstić information content (AvgIpc) is 2.59. The number of nitrogens with one attached hydrogen (secondary N) is 5. The molecular formula is C16H31N5O4S. The van der Waals surface area contributed by atoms with E-state index in [2.05, 4.69) is 26.6 Å². The van der Waals surface area contributed by atoms with E-state index in [4.69, 9.17) is 0 Å². The number of hydrogen-bond donors (Lipinski definition) is 5. The fourth-order valence-electron chi connectivity index (χ4n) is 1.90. The Kier molecular flexibility index (Phi) is 12.5.